The summed E-state index contributed by atoms with van der Waals surface area (Å²) < 4.78 is 1.85. The van der Waals surface area contributed by atoms with Crippen molar-refractivity contribution in [1.29, 1.82) is 0 Å². The third-order valence-corrected chi connectivity index (χ3v) is 2.42. The second-order valence-corrected chi connectivity index (χ2v) is 4.96. The Balaban J connectivity index is 2.71. The first-order valence-electron chi connectivity index (χ1n) is 5.15. The van der Waals surface area contributed by atoms with Gasteiger partial charge in [0.25, 0.3) is 0 Å². The van der Waals surface area contributed by atoms with Crippen LogP contribution in [0, 0.1) is 19.9 Å². The molecule has 79 valence electrons. The van der Waals surface area contributed by atoms with Crippen molar-refractivity contribution in [3.8, 4) is 0 Å². The van der Waals surface area contributed by atoms with Crippen molar-refractivity contribution in [3.63, 3.8) is 0 Å². The fourth-order valence-corrected chi connectivity index (χ4v) is 1.58. The first kappa shape index (κ1) is 10.1. The van der Waals surface area contributed by atoms with Gasteiger partial charge in [0.1, 0.15) is 0 Å². The zero-order valence-electron chi connectivity index (χ0n) is 9.92. The summed E-state index contributed by atoms with van der Waals surface area (Å²) in [5, 5.41) is 4.55. The van der Waals surface area contributed by atoms with Gasteiger partial charge < -0.3 is 0 Å². The number of aryl methyl sites for hydroxylation is 2. The van der Waals surface area contributed by atoms with Gasteiger partial charge in [0.15, 0.2) is 5.65 Å². The minimum Gasteiger partial charge on any atom is -0.233 e. The van der Waals surface area contributed by atoms with Crippen molar-refractivity contribution in [2.75, 3.05) is 0 Å². The van der Waals surface area contributed by atoms with Gasteiger partial charge in [0, 0.05) is 23.2 Å². The Morgan fingerprint density at radius 3 is 2.53 bits per heavy atom. The molecule has 0 saturated heterocycles. The lowest BCUT2D eigenvalue weighted by Crippen LogP contribution is -2.12. The molecule has 0 fully saturated rings. The molecule has 0 aromatic carbocycles. The third-order valence-electron chi connectivity index (χ3n) is 2.42. The molecule has 3 heteroatoms. The number of aromatic nitrogens is 3. The molecule has 2 aromatic rings. The van der Waals surface area contributed by atoms with Crippen LogP contribution in [0.25, 0.3) is 5.65 Å². The zero-order chi connectivity index (χ0) is 11.2. The van der Waals surface area contributed by atoms with Crippen molar-refractivity contribution in [2.45, 2.75) is 40.0 Å². The first-order valence-corrected chi connectivity index (χ1v) is 5.15. The van der Waals surface area contributed by atoms with E-state index in [9.17, 15) is 0 Å². The SMILES string of the molecule is Cc1[c]c(C)n2nc(C(C)(C)C)cc2n1. The maximum Gasteiger partial charge on any atom is 0.155 e. The van der Waals surface area contributed by atoms with E-state index >= 15 is 0 Å². The topological polar surface area (TPSA) is 30.2 Å². The van der Waals surface area contributed by atoms with Crippen LogP contribution in [-0.2, 0) is 5.41 Å². The Hall–Kier alpha value is -1.38. The minimum absolute atomic E-state index is 0.0635. The Bertz CT molecular complexity index is 503. The lowest BCUT2D eigenvalue weighted by molar-refractivity contribution is 0.561. The number of fused-ring (bicyclic) bond motifs is 1. The number of hydrogen-bond acceptors (Lipinski definition) is 2. The first-order chi connectivity index (χ1) is 6.88. The Labute approximate surface area is 90.1 Å². The van der Waals surface area contributed by atoms with Gasteiger partial charge in [-0.3, -0.25) is 0 Å². The van der Waals surface area contributed by atoms with Crippen LogP contribution in [0.2, 0.25) is 0 Å². The van der Waals surface area contributed by atoms with Gasteiger partial charge in [0.2, 0.25) is 0 Å². The van der Waals surface area contributed by atoms with Gasteiger partial charge in [-0.25, -0.2) is 9.50 Å². The highest BCUT2D eigenvalue weighted by atomic mass is 15.3. The van der Waals surface area contributed by atoms with Crippen LogP contribution in [0.15, 0.2) is 6.07 Å². The van der Waals surface area contributed by atoms with E-state index in [1.807, 2.05) is 24.4 Å². The smallest absolute Gasteiger partial charge is 0.155 e. The Morgan fingerprint density at radius 2 is 1.93 bits per heavy atom. The monoisotopic (exact) mass is 202 g/mol. The van der Waals surface area contributed by atoms with Crippen LogP contribution >= 0.6 is 0 Å². The summed E-state index contributed by atoms with van der Waals surface area (Å²) in [6, 6.07) is 5.22. The number of rotatable bonds is 0. The lowest BCUT2D eigenvalue weighted by Gasteiger charge is -2.13. The largest absolute Gasteiger partial charge is 0.233 e. The molecule has 1 radical (unpaired) electrons. The summed E-state index contributed by atoms with van der Waals surface area (Å²) in [6.45, 7) is 10.4. The third kappa shape index (κ3) is 1.74. The van der Waals surface area contributed by atoms with Gasteiger partial charge in [-0.05, 0) is 13.8 Å². The molecule has 0 unspecified atom stereocenters. The van der Waals surface area contributed by atoms with Gasteiger partial charge in [0.05, 0.1) is 11.4 Å². The van der Waals surface area contributed by atoms with E-state index in [1.165, 1.54) is 0 Å². The molecular weight excluding hydrogens is 186 g/mol. The summed E-state index contributed by atoms with van der Waals surface area (Å²) in [6.07, 6.45) is 0. The van der Waals surface area contributed by atoms with E-state index in [2.05, 4.69) is 36.9 Å². The van der Waals surface area contributed by atoms with Gasteiger partial charge in [-0.15, -0.1) is 0 Å². The maximum absolute atomic E-state index is 4.55. The Kier molecular flexibility index (Phi) is 2.07. The standard InChI is InChI=1S/C12H16N3/c1-8-6-9(2)15-11(13-8)7-10(14-15)12(3,4)5/h7H,1-5H3. The predicted octanol–water partition coefficient (Wildman–Crippen LogP) is 2.44. The zero-order valence-corrected chi connectivity index (χ0v) is 9.92. The molecule has 3 nitrogen and oxygen atoms in total. The number of hydrogen-bond donors (Lipinski definition) is 0. The molecule has 2 rings (SSSR count). The second-order valence-electron chi connectivity index (χ2n) is 4.96. The van der Waals surface area contributed by atoms with Crippen molar-refractivity contribution < 1.29 is 0 Å². The molecular formula is C12H16N3. The summed E-state index contributed by atoms with van der Waals surface area (Å²) in [5.41, 5.74) is 3.97. The van der Waals surface area contributed by atoms with Crippen molar-refractivity contribution in [1.82, 2.24) is 14.6 Å². The summed E-state index contributed by atoms with van der Waals surface area (Å²) in [5.74, 6) is 0. The normalized spacial score (nSPS) is 12.3. The van der Waals surface area contributed by atoms with E-state index in [1.54, 1.807) is 0 Å². The molecule has 0 aliphatic carbocycles. The average molecular weight is 202 g/mol. The summed E-state index contributed by atoms with van der Waals surface area (Å²) >= 11 is 0. The van der Waals surface area contributed by atoms with E-state index in [0.29, 0.717) is 0 Å². The van der Waals surface area contributed by atoms with E-state index in [-0.39, 0.29) is 5.41 Å². The molecule has 0 bridgehead atoms. The molecule has 0 saturated carbocycles. The van der Waals surface area contributed by atoms with Crippen LogP contribution in [0.5, 0.6) is 0 Å². The highest BCUT2D eigenvalue weighted by Gasteiger charge is 2.18. The molecule has 2 aromatic heterocycles. The predicted molar refractivity (Wildman–Crippen MR) is 60.0 cm³/mol. The molecule has 0 atom stereocenters. The molecule has 2 heterocycles. The maximum atomic E-state index is 4.55. The molecule has 0 spiro atoms. The van der Waals surface area contributed by atoms with Crippen LogP contribution in [-0.4, -0.2) is 14.6 Å². The van der Waals surface area contributed by atoms with Crippen molar-refractivity contribution >= 4 is 5.65 Å². The molecule has 0 aliphatic rings. The van der Waals surface area contributed by atoms with Gasteiger partial charge in [-0.2, -0.15) is 5.10 Å². The quantitative estimate of drug-likeness (QED) is 0.657. The van der Waals surface area contributed by atoms with Crippen molar-refractivity contribution in [3.05, 3.63) is 29.2 Å². The lowest BCUT2D eigenvalue weighted by atomic mass is 9.93. The fourth-order valence-electron chi connectivity index (χ4n) is 1.58. The highest BCUT2D eigenvalue weighted by Crippen LogP contribution is 2.21. The van der Waals surface area contributed by atoms with E-state index in [0.717, 1.165) is 22.7 Å². The Morgan fingerprint density at radius 1 is 1.27 bits per heavy atom. The van der Waals surface area contributed by atoms with Gasteiger partial charge in [-0.1, -0.05) is 20.8 Å². The fraction of sp³-hybridized carbons (Fsp3) is 0.500. The molecule has 0 N–H and O–H groups in total. The summed E-state index contributed by atoms with van der Waals surface area (Å²) in [7, 11) is 0. The van der Waals surface area contributed by atoms with Crippen molar-refractivity contribution in [2.24, 2.45) is 0 Å². The van der Waals surface area contributed by atoms with Crippen LogP contribution in [0.3, 0.4) is 0 Å². The molecule has 0 amide bonds. The van der Waals surface area contributed by atoms with E-state index < -0.39 is 0 Å². The minimum atomic E-state index is 0.0635. The number of nitrogens with zero attached hydrogens (tertiary/aromatic N) is 3. The van der Waals surface area contributed by atoms with Crippen LogP contribution in [0.1, 0.15) is 37.9 Å². The van der Waals surface area contributed by atoms with E-state index in [4.69, 9.17) is 0 Å². The summed E-state index contributed by atoms with van der Waals surface area (Å²) in [4.78, 5) is 4.42. The van der Waals surface area contributed by atoms with Crippen LogP contribution < -0.4 is 0 Å². The van der Waals surface area contributed by atoms with Crippen LogP contribution in [0.4, 0.5) is 0 Å². The molecule has 15 heavy (non-hydrogen) atoms. The molecule has 0 aliphatic heterocycles. The van der Waals surface area contributed by atoms with Gasteiger partial charge >= 0.3 is 0 Å². The average Bonchev–Trinajstić information content (AvgIpc) is 2.46. The second kappa shape index (κ2) is 3.05. The highest BCUT2D eigenvalue weighted by molar-refractivity contribution is 5.42.